The van der Waals surface area contributed by atoms with E-state index in [2.05, 4.69) is 5.32 Å². The van der Waals surface area contributed by atoms with Crippen LogP contribution in [0.3, 0.4) is 0 Å². The van der Waals surface area contributed by atoms with E-state index < -0.39 is 6.10 Å². The molecular formula is C20H22N2O3. The second-order valence-corrected chi connectivity index (χ2v) is 5.89. The molecule has 0 aliphatic heterocycles. The molecule has 0 aromatic heterocycles. The van der Waals surface area contributed by atoms with Crippen molar-refractivity contribution in [2.75, 3.05) is 13.2 Å². The largest absolute Gasteiger partial charge is 0.482 e. The van der Waals surface area contributed by atoms with Crippen LogP contribution < -0.4 is 10.1 Å². The van der Waals surface area contributed by atoms with Gasteiger partial charge in [-0.05, 0) is 31.0 Å². The van der Waals surface area contributed by atoms with Gasteiger partial charge in [-0.3, -0.25) is 4.79 Å². The van der Waals surface area contributed by atoms with E-state index in [9.17, 15) is 9.90 Å². The first-order chi connectivity index (χ1) is 12.1. The van der Waals surface area contributed by atoms with Crippen molar-refractivity contribution in [2.45, 2.75) is 25.4 Å². The minimum absolute atomic E-state index is 0.0246. The Hall–Kier alpha value is -2.84. The summed E-state index contributed by atoms with van der Waals surface area (Å²) in [4.78, 5) is 12.1. The van der Waals surface area contributed by atoms with Gasteiger partial charge in [0.05, 0.1) is 11.7 Å². The van der Waals surface area contributed by atoms with Crippen molar-refractivity contribution >= 4 is 5.91 Å². The number of aliphatic hydroxyl groups excluding tert-OH is 1. The zero-order chi connectivity index (χ0) is 18.1. The Kier molecular flexibility index (Phi) is 7.00. The molecule has 2 atom stereocenters. The minimum Gasteiger partial charge on any atom is -0.482 e. The second-order valence-electron chi connectivity index (χ2n) is 5.89. The SMILES string of the molecule is CC(O)CC(CNC(=O)COc1ccccc1C#N)c1ccccc1. The van der Waals surface area contributed by atoms with E-state index in [4.69, 9.17) is 10.00 Å². The highest BCUT2D eigenvalue weighted by molar-refractivity contribution is 5.77. The zero-order valence-electron chi connectivity index (χ0n) is 14.2. The summed E-state index contributed by atoms with van der Waals surface area (Å²) in [6, 6.07) is 18.6. The quantitative estimate of drug-likeness (QED) is 0.775. The summed E-state index contributed by atoms with van der Waals surface area (Å²) in [5.74, 6) is 0.152. The summed E-state index contributed by atoms with van der Waals surface area (Å²) in [5.41, 5.74) is 1.46. The molecule has 5 nitrogen and oxygen atoms in total. The lowest BCUT2D eigenvalue weighted by Crippen LogP contribution is -2.33. The van der Waals surface area contributed by atoms with Crippen molar-refractivity contribution in [3.63, 3.8) is 0 Å². The molecule has 0 saturated heterocycles. The van der Waals surface area contributed by atoms with Crippen molar-refractivity contribution in [1.29, 1.82) is 5.26 Å². The van der Waals surface area contributed by atoms with Gasteiger partial charge < -0.3 is 15.2 Å². The van der Waals surface area contributed by atoms with E-state index in [0.29, 0.717) is 24.3 Å². The van der Waals surface area contributed by atoms with Crippen LogP contribution in [0.5, 0.6) is 5.75 Å². The number of benzene rings is 2. The first-order valence-electron chi connectivity index (χ1n) is 8.21. The van der Waals surface area contributed by atoms with Gasteiger partial charge in [0.25, 0.3) is 5.91 Å². The monoisotopic (exact) mass is 338 g/mol. The first-order valence-corrected chi connectivity index (χ1v) is 8.21. The van der Waals surface area contributed by atoms with Gasteiger partial charge in [0.2, 0.25) is 0 Å². The number of carbonyl (C=O) groups excluding carboxylic acids is 1. The van der Waals surface area contributed by atoms with E-state index in [1.54, 1.807) is 31.2 Å². The number of rotatable bonds is 8. The normalized spacial score (nSPS) is 12.7. The summed E-state index contributed by atoms with van der Waals surface area (Å²) < 4.78 is 5.42. The van der Waals surface area contributed by atoms with Crippen LogP contribution in [0.15, 0.2) is 54.6 Å². The van der Waals surface area contributed by atoms with Crippen molar-refractivity contribution < 1.29 is 14.6 Å². The van der Waals surface area contributed by atoms with Crippen molar-refractivity contribution in [3.05, 3.63) is 65.7 Å². The molecule has 2 unspecified atom stereocenters. The topological polar surface area (TPSA) is 82.3 Å². The number of para-hydroxylation sites is 1. The van der Waals surface area contributed by atoms with Crippen LogP contribution in [0.1, 0.15) is 30.4 Å². The van der Waals surface area contributed by atoms with Gasteiger partial charge in [0, 0.05) is 12.5 Å². The Morgan fingerprint density at radius 1 is 1.20 bits per heavy atom. The smallest absolute Gasteiger partial charge is 0.257 e. The molecule has 0 radical (unpaired) electrons. The Morgan fingerprint density at radius 3 is 2.56 bits per heavy atom. The molecule has 2 N–H and O–H groups in total. The third-order valence-electron chi connectivity index (χ3n) is 3.81. The van der Waals surface area contributed by atoms with Crippen LogP contribution >= 0.6 is 0 Å². The van der Waals surface area contributed by atoms with E-state index in [1.165, 1.54) is 0 Å². The van der Waals surface area contributed by atoms with Gasteiger partial charge in [0.15, 0.2) is 6.61 Å². The summed E-state index contributed by atoms with van der Waals surface area (Å²) in [6.07, 6.45) is 0.100. The van der Waals surface area contributed by atoms with Gasteiger partial charge in [-0.1, -0.05) is 42.5 Å². The summed E-state index contributed by atoms with van der Waals surface area (Å²) in [5, 5.41) is 21.5. The molecule has 0 aliphatic carbocycles. The van der Waals surface area contributed by atoms with Gasteiger partial charge in [-0.25, -0.2) is 0 Å². The Labute approximate surface area is 147 Å². The van der Waals surface area contributed by atoms with Crippen molar-refractivity contribution in [3.8, 4) is 11.8 Å². The molecule has 0 spiro atoms. The minimum atomic E-state index is -0.458. The number of nitrogens with zero attached hydrogens (tertiary/aromatic N) is 1. The molecule has 2 aromatic rings. The molecule has 0 saturated carbocycles. The summed E-state index contributed by atoms with van der Waals surface area (Å²) in [7, 11) is 0. The maximum atomic E-state index is 12.1. The van der Waals surface area contributed by atoms with Crippen LogP contribution in [0, 0.1) is 11.3 Å². The third-order valence-corrected chi connectivity index (χ3v) is 3.81. The fraction of sp³-hybridized carbons (Fsp3) is 0.300. The molecule has 0 heterocycles. The fourth-order valence-electron chi connectivity index (χ4n) is 2.59. The molecule has 0 bridgehead atoms. The van der Waals surface area contributed by atoms with Gasteiger partial charge in [-0.15, -0.1) is 0 Å². The number of hydrogen-bond acceptors (Lipinski definition) is 4. The number of hydrogen-bond donors (Lipinski definition) is 2. The lowest BCUT2D eigenvalue weighted by atomic mass is 9.93. The Balaban J connectivity index is 1.89. The van der Waals surface area contributed by atoms with Crippen LogP contribution in [0.2, 0.25) is 0 Å². The number of nitriles is 1. The molecule has 25 heavy (non-hydrogen) atoms. The lowest BCUT2D eigenvalue weighted by molar-refractivity contribution is -0.123. The predicted octanol–water partition coefficient (Wildman–Crippen LogP) is 2.61. The highest BCUT2D eigenvalue weighted by Gasteiger charge is 2.15. The average Bonchev–Trinajstić information content (AvgIpc) is 2.64. The average molecular weight is 338 g/mol. The number of amides is 1. The van der Waals surface area contributed by atoms with E-state index >= 15 is 0 Å². The molecule has 5 heteroatoms. The van der Waals surface area contributed by atoms with Crippen LogP contribution in [-0.2, 0) is 4.79 Å². The fourth-order valence-corrected chi connectivity index (χ4v) is 2.59. The third kappa shape index (κ3) is 5.94. The number of carbonyl (C=O) groups is 1. The maximum Gasteiger partial charge on any atom is 0.257 e. The molecule has 2 rings (SSSR count). The second kappa shape index (κ2) is 9.45. The first kappa shape index (κ1) is 18.5. The number of ether oxygens (including phenoxy) is 1. The van der Waals surface area contributed by atoms with Crippen LogP contribution in [0.25, 0.3) is 0 Å². The summed E-state index contributed by atoms with van der Waals surface area (Å²) >= 11 is 0. The molecule has 0 fully saturated rings. The van der Waals surface area contributed by atoms with E-state index in [0.717, 1.165) is 5.56 Å². The Bertz CT molecular complexity index is 723. The molecule has 1 amide bonds. The zero-order valence-corrected chi connectivity index (χ0v) is 14.2. The standard InChI is InChI=1S/C20H22N2O3/c1-15(23)11-18(16-7-3-2-4-8-16)13-22-20(24)14-25-19-10-6-5-9-17(19)12-21/h2-10,15,18,23H,11,13-14H2,1H3,(H,22,24). The number of nitrogens with one attached hydrogen (secondary N) is 1. The van der Waals surface area contributed by atoms with Crippen molar-refractivity contribution in [1.82, 2.24) is 5.32 Å². The highest BCUT2D eigenvalue weighted by atomic mass is 16.5. The van der Waals surface area contributed by atoms with Crippen LogP contribution in [-0.4, -0.2) is 30.3 Å². The molecule has 2 aromatic carbocycles. The maximum absolute atomic E-state index is 12.1. The highest BCUT2D eigenvalue weighted by Crippen LogP contribution is 2.20. The summed E-state index contributed by atoms with van der Waals surface area (Å²) in [6.45, 7) is 1.99. The van der Waals surface area contributed by atoms with E-state index in [-0.39, 0.29) is 18.4 Å². The molecular weight excluding hydrogens is 316 g/mol. The number of aliphatic hydroxyl groups is 1. The molecule has 0 aliphatic rings. The van der Waals surface area contributed by atoms with Gasteiger partial charge >= 0.3 is 0 Å². The van der Waals surface area contributed by atoms with Gasteiger partial charge in [-0.2, -0.15) is 5.26 Å². The van der Waals surface area contributed by atoms with Crippen LogP contribution in [0.4, 0.5) is 0 Å². The predicted molar refractivity (Wildman–Crippen MR) is 95.1 cm³/mol. The van der Waals surface area contributed by atoms with E-state index in [1.807, 2.05) is 36.4 Å². The lowest BCUT2D eigenvalue weighted by Gasteiger charge is -2.19. The van der Waals surface area contributed by atoms with Gasteiger partial charge in [0.1, 0.15) is 11.8 Å². The van der Waals surface area contributed by atoms with Crippen molar-refractivity contribution in [2.24, 2.45) is 0 Å². The Morgan fingerprint density at radius 2 is 1.88 bits per heavy atom. The molecule has 130 valence electrons.